The van der Waals surface area contributed by atoms with Crippen molar-refractivity contribution in [3.63, 3.8) is 0 Å². The Morgan fingerprint density at radius 2 is 1.96 bits per heavy atom. The average Bonchev–Trinajstić information content (AvgIpc) is 3.23. The molecule has 0 atom stereocenters. The highest BCUT2D eigenvalue weighted by Crippen LogP contribution is 2.20. The third-order valence-corrected chi connectivity index (χ3v) is 5.17. The van der Waals surface area contributed by atoms with Gasteiger partial charge in [-0.15, -0.1) is 0 Å². The average molecular weight is 367 g/mol. The molecule has 0 unspecified atom stereocenters. The van der Waals surface area contributed by atoms with Crippen molar-refractivity contribution in [2.45, 2.75) is 24.9 Å². The minimum absolute atomic E-state index is 0.0162. The standard InChI is InChI=1S/C15H15F2N5O2S/c1-11-14(10-19-22(11)15(16)17)25(23,24)20-9-12-5-2-3-6-13(12)21-8-4-7-18-21/h2-8,10,15,20H,9H2,1H3. The maximum atomic E-state index is 12.8. The van der Waals surface area contributed by atoms with Crippen LogP contribution in [-0.4, -0.2) is 28.0 Å². The minimum atomic E-state index is -3.98. The number of hydrogen-bond acceptors (Lipinski definition) is 4. The van der Waals surface area contributed by atoms with Gasteiger partial charge in [-0.1, -0.05) is 18.2 Å². The smallest absolute Gasteiger partial charge is 0.241 e. The molecule has 0 bridgehead atoms. The summed E-state index contributed by atoms with van der Waals surface area (Å²) in [7, 11) is -3.98. The molecule has 0 saturated carbocycles. The van der Waals surface area contributed by atoms with Crippen LogP contribution in [0.2, 0.25) is 0 Å². The van der Waals surface area contributed by atoms with Gasteiger partial charge in [0.25, 0.3) is 0 Å². The number of sulfonamides is 1. The number of para-hydroxylation sites is 1. The van der Waals surface area contributed by atoms with Crippen molar-refractivity contribution in [2.75, 3.05) is 0 Å². The van der Waals surface area contributed by atoms with Crippen LogP contribution in [0.3, 0.4) is 0 Å². The molecule has 0 spiro atoms. The Morgan fingerprint density at radius 1 is 1.20 bits per heavy atom. The maximum Gasteiger partial charge on any atom is 0.333 e. The molecule has 2 aromatic heterocycles. The van der Waals surface area contributed by atoms with E-state index in [4.69, 9.17) is 0 Å². The molecular weight excluding hydrogens is 352 g/mol. The van der Waals surface area contributed by atoms with Crippen LogP contribution in [0.1, 0.15) is 17.8 Å². The third kappa shape index (κ3) is 3.44. The molecule has 0 saturated heterocycles. The maximum absolute atomic E-state index is 12.8. The first-order valence-corrected chi connectivity index (χ1v) is 8.78. The number of nitrogens with one attached hydrogen (secondary N) is 1. The van der Waals surface area contributed by atoms with Crippen LogP contribution in [0, 0.1) is 6.92 Å². The molecule has 132 valence electrons. The second-order valence-corrected chi connectivity index (χ2v) is 6.96. The molecule has 3 aromatic rings. The van der Waals surface area contributed by atoms with Gasteiger partial charge in [0.1, 0.15) is 4.90 Å². The van der Waals surface area contributed by atoms with E-state index in [1.54, 1.807) is 41.3 Å². The van der Waals surface area contributed by atoms with E-state index < -0.39 is 16.6 Å². The number of benzene rings is 1. The summed E-state index contributed by atoms with van der Waals surface area (Å²) in [6.07, 6.45) is 4.27. The zero-order valence-corrected chi connectivity index (χ0v) is 14.0. The summed E-state index contributed by atoms with van der Waals surface area (Å²) in [4.78, 5) is -0.274. The Hall–Kier alpha value is -2.59. The van der Waals surface area contributed by atoms with E-state index in [-0.39, 0.29) is 17.1 Å². The molecule has 0 fully saturated rings. The van der Waals surface area contributed by atoms with E-state index in [1.165, 1.54) is 6.92 Å². The van der Waals surface area contributed by atoms with Gasteiger partial charge in [0.2, 0.25) is 10.0 Å². The van der Waals surface area contributed by atoms with Gasteiger partial charge in [-0.25, -0.2) is 22.5 Å². The zero-order valence-electron chi connectivity index (χ0n) is 13.2. The Kier molecular flexibility index (Phi) is 4.64. The normalized spacial score (nSPS) is 12.0. The second kappa shape index (κ2) is 6.73. The molecular formula is C15H15F2N5O2S. The summed E-state index contributed by atoms with van der Waals surface area (Å²) >= 11 is 0. The molecule has 0 aliphatic heterocycles. The first kappa shape index (κ1) is 17.2. The summed E-state index contributed by atoms with van der Waals surface area (Å²) in [5.74, 6) is 0. The Labute approximate surface area is 142 Å². The molecule has 25 heavy (non-hydrogen) atoms. The fourth-order valence-corrected chi connectivity index (χ4v) is 3.58. The van der Waals surface area contributed by atoms with E-state index >= 15 is 0 Å². The van der Waals surface area contributed by atoms with E-state index in [0.717, 1.165) is 11.9 Å². The van der Waals surface area contributed by atoms with E-state index in [1.807, 2.05) is 6.07 Å². The molecule has 10 heteroatoms. The number of halogens is 2. The number of aromatic nitrogens is 4. The van der Waals surface area contributed by atoms with Crippen LogP contribution in [0.15, 0.2) is 53.8 Å². The van der Waals surface area contributed by atoms with Crippen molar-refractivity contribution >= 4 is 10.0 Å². The van der Waals surface area contributed by atoms with Crippen molar-refractivity contribution in [3.05, 3.63) is 60.2 Å². The van der Waals surface area contributed by atoms with Gasteiger partial charge < -0.3 is 0 Å². The summed E-state index contributed by atoms with van der Waals surface area (Å²) < 4.78 is 54.8. The van der Waals surface area contributed by atoms with Crippen LogP contribution in [0.25, 0.3) is 5.69 Å². The summed E-state index contributed by atoms with van der Waals surface area (Å²) in [6, 6.07) is 8.90. The molecule has 2 heterocycles. The van der Waals surface area contributed by atoms with Gasteiger partial charge in [-0.2, -0.15) is 19.0 Å². The minimum Gasteiger partial charge on any atom is -0.241 e. The molecule has 0 amide bonds. The first-order chi connectivity index (χ1) is 11.9. The highest BCUT2D eigenvalue weighted by molar-refractivity contribution is 7.89. The summed E-state index contributed by atoms with van der Waals surface area (Å²) in [5, 5.41) is 7.56. The largest absolute Gasteiger partial charge is 0.333 e. The SMILES string of the molecule is Cc1c(S(=O)(=O)NCc2ccccc2-n2cccn2)cnn1C(F)F. The predicted octanol–water partition coefficient (Wildman–Crippen LogP) is 2.25. The lowest BCUT2D eigenvalue weighted by Crippen LogP contribution is -2.24. The highest BCUT2D eigenvalue weighted by atomic mass is 32.2. The van der Waals surface area contributed by atoms with Crippen LogP contribution in [-0.2, 0) is 16.6 Å². The van der Waals surface area contributed by atoms with Crippen LogP contribution in [0.4, 0.5) is 8.78 Å². The van der Waals surface area contributed by atoms with Gasteiger partial charge in [-0.05, 0) is 24.6 Å². The van der Waals surface area contributed by atoms with E-state index in [9.17, 15) is 17.2 Å². The van der Waals surface area contributed by atoms with Crippen molar-refractivity contribution in [1.82, 2.24) is 24.3 Å². The van der Waals surface area contributed by atoms with Crippen molar-refractivity contribution in [3.8, 4) is 5.69 Å². The summed E-state index contributed by atoms with van der Waals surface area (Å²) in [6.45, 7) is -1.63. The first-order valence-electron chi connectivity index (χ1n) is 7.30. The van der Waals surface area contributed by atoms with Crippen LogP contribution >= 0.6 is 0 Å². The van der Waals surface area contributed by atoms with Gasteiger partial charge in [0.05, 0.1) is 17.6 Å². The Bertz CT molecular complexity index is 968. The number of hydrogen-bond donors (Lipinski definition) is 1. The van der Waals surface area contributed by atoms with Crippen LogP contribution in [0.5, 0.6) is 0 Å². The molecule has 3 rings (SSSR count). The van der Waals surface area contributed by atoms with E-state index in [2.05, 4.69) is 14.9 Å². The van der Waals surface area contributed by atoms with E-state index in [0.29, 0.717) is 10.2 Å². The lowest BCUT2D eigenvalue weighted by Gasteiger charge is -2.11. The van der Waals surface area contributed by atoms with Gasteiger partial charge in [-0.3, -0.25) is 0 Å². The molecule has 1 aromatic carbocycles. The quantitative estimate of drug-likeness (QED) is 0.724. The molecule has 0 aliphatic rings. The third-order valence-electron chi connectivity index (χ3n) is 3.67. The lowest BCUT2D eigenvalue weighted by molar-refractivity contribution is 0.0541. The zero-order chi connectivity index (χ0) is 18.0. The predicted molar refractivity (Wildman–Crippen MR) is 85.8 cm³/mol. The lowest BCUT2D eigenvalue weighted by atomic mass is 10.2. The Morgan fingerprint density at radius 3 is 2.60 bits per heavy atom. The fourth-order valence-electron chi connectivity index (χ4n) is 2.41. The van der Waals surface area contributed by atoms with Crippen molar-refractivity contribution in [2.24, 2.45) is 0 Å². The van der Waals surface area contributed by atoms with Crippen molar-refractivity contribution < 1.29 is 17.2 Å². The second-order valence-electron chi connectivity index (χ2n) is 5.22. The van der Waals surface area contributed by atoms with Gasteiger partial charge in [0, 0.05) is 18.9 Å². The summed E-state index contributed by atoms with van der Waals surface area (Å²) in [5.41, 5.74) is 1.28. The fraction of sp³-hybridized carbons (Fsp3) is 0.200. The number of nitrogens with zero attached hydrogens (tertiary/aromatic N) is 4. The monoisotopic (exact) mass is 367 g/mol. The van der Waals surface area contributed by atoms with Gasteiger partial charge in [0.15, 0.2) is 0 Å². The number of rotatable bonds is 6. The van der Waals surface area contributed by atoms with Crippen LogP contribution < -0.4 is 4.72 Å². The molecule has 0 aliphatic carbocycles. The highest BCUT2D eigenvalue weighted by Gasteiger charge is 2.23. The number of alkyl halides is 2. The molecule has 0 radical (unpaired) electrons. The van der Waals surface area contributed by atoms with Crippen molar-refractivity contribution in [1.29, 1.82) is 0 Å². The molecule has 7 nitrogen and oxygen atoms in total. The topological polar surface area (TPSA) is 81.8 Å². The Balaban J connectivity index is 1.85. The molecule has 1 N–H and O–H groups in total. The van der Waals surface area contributed by atoms with Gasteiger partial charge >= 0.3 is 6.55 Å².